The molecule has 2 N–H and O–H groups in total. The second-order valence-corrected chi connectivity index (χ2v) is 9.58. The number of nitrogens with zero attached hydrogens (tertiary/aromatic N) is 2. The largest absolute Gasteiger partial charge is 0.360 e. The molecular formula is C19H22N4O6S. The minimum atomic E-state index is -3.84. The highest BCUT2D eigenvalue weighted by Gasteiger charge is 2.50. The predicted octanol–water partition coefficient (Wildman–Crippen LogP) is 1.44. The van der Waals surface area contributed by atoms with E-state index in [9.17, 15) is 22.8 Å². The Balaban J connectivity index is 1.75. The highest BCUT2D eigenvalue weighted by molar-refractivity contribution is 7.94. The van der Waals surface area contributed by atoms with Crippen molar-refractivity contribution in [3.05, 3.63) is 41.7 Å². The first kappa shape index (κ1) is 21.5. The van der Waals surface area contributed by atoms with Crippen LogP contribution in [-0.2, 0) is 19.6 Å². The van der Waals surface area contributed by atoms with E-state index in [1.165, 1.54) is 37.3 Å². The summed E-state index contributed by atoms with van der Waals surface area (Å²) in [4.78, 5) is 37.3. The van der Waals surface area contributed by atoms with Crippen molar-refractivity contribution < 1.29 is 27.3 Å². The quantitative estimate of drug-likeness (QED) is 0.726. The Kier molecular flexibility index (Phi) is 5.42. The smallest absolute Gasteiger partial charge is 0.251 e. The van der Waals surface area contributed by atoms with E-state index in [1.54, 1.807) is 20.8 Å². The van der Waals surface area contributed by atoms with Gasteiger partial charge in [0.05, 0.1) is 16.9 Å². The molecule has 1 fully saturated rings. The van der Waals surface area contributed by atoms with Crippen LogP contribution in [0.2, 0.25) is 0 Å². The van der Waals surface area contributed by atoms with Gasteiger partial charge in [0, 0.05) is 11.6 Å². The van der Waals surface area contributed by atoms with Gasteiger partial charge in [-0.05, 0) is 45.9 Å². The Bertz CT molecular complexity index is 1120. The molecule has 0 unspecified atom stereocenters. The maximum absolute atomic E-state index is 12.6. The average molecular weight is 434 g/mol. The number of benzene rings is 1. The fourth-order valence-corrected chi connectivity index (χ4v) is 5.14. The van der Waals surface area contributed by atoms with E-state index in [0.717, 1.165) is 4.31 Å². The zero-order valence-electron chi connectivity index (χ0n) is 16.9. The van der Waals surface area contributed by atoms with Gasteiger partial charge in [0.25, 0.3) is 5.91 Å². The first-order valence-corrected chi connectivity index (χ1v) is 10.7. The lowest BCUT2D eigenvalue weighted by molar-refractivity contribution is -0.123. The van der Waals surface area contributed by atoms with Crippen LogP contribution in [0.5, 0.6) is 0 Å². The van der Waals surface area contributed by atoms with Gasteiger partial charge in [0.2, 0.25) is 21.8 Å². The summed E-state index contributed by atoms with van der Waals surface area (Å²) < 4.78 is 30.5. The Morgan fingerprint density at radius 1 is 1.27 bits per heavy atom. The van der Waals surface area contributed by atoms with Crippen LogP contribution < -0.4 is 14.9 Å². The molecule has 2 aromatic rings. The van der Waals surface area contributed by atoms with Gasteiger partial charge >= 0.3 is 0 Å². The van der Waals surface area contributed by atoms with E-state index in [0.29, 0.717) is 5.76 Å². The molecule has 11 heteroatoms. The molecule has 2 heterocycles. The second-order valence-electron chi connectivity index (χ2n) is 7.77. The molecule has 1 aliphatic heterocycles. The number of carbonyl (C=O) groups excluding carboxylic acids is 3. The van der Waals surface area contributed by atoms with E-state index in [2.05, 4.69) is 15.8 Å². The molecule has 0 radical (unpaired) electrons. The van der Waals surface area contributed by atoms with Crippen LogP contribution in [0.25, 0.3) is 0 Å². The van der Waals surface area contributed by atoms with E-state index in [-0.39, 0.29) is 22.8 Å². The lowest BCUT2D eigenvalue weighted by atomic mass is 9.95. The fourth-order valence-electron chi connectivity index (χ4n) is 3.04. The van der Waals surface area contributed by atoms with Crippen molar-refractivity contribution >= 4 is 39.3 Å². The van der Waals surface area contributed by atoms with E-state index in [4.69, 9.17) is 4.52 Å². The van der Waals surface area contributed by atoms with E-state index in [1.807, 2.05) is 0 Å². The summed E-state index contributed by atoms with van der Waals surface area (Å²) in [6.45, 7) is 6.27. The molecular weight excluding hydrogens is 412 g/mol. The minimum absolute atomic E-state index is 0.0772. The normalized spacial score (nSPS) is 18.1. The third-order valence-corrected chi connectivity index (χ3v) is 6.57. The predicted molar refractivity (Wildman–Crippen MR) is 108 cm³/mol. The van der Waals surface area contributed by atoms with Crippen LogP contribution >= 0.6 is 0 Å². The van der Waals surface area contributed by atoms with Crippen molar-refractivity contribution in [2.45, 2.75) is 33.7 Å². The summed E-state index contributed by atoms with van der Waals surface area (Å²) in [5, 5.41) is 8.69. The van der Waals surface area contributed by atoms with Gasteiger partial charge in [-0.15, -0.1) is 0 Å². The van der Waals surface area contributed by atoms with Crippen molar-refractivity contribution in [3.8, 4) is 0 Å². The molecule has 3 amide bonds. The van der Waals surface area contributed by atoms with Crippen molar-refractivity contribution in [3.63, 3.8) is 0 Å². The molecule has 10 nitrogen and oxygen atoms in total. The molecule has 0 spiro atoms. The van der Waals surface area contributed by atoms with Crippen LogP contribution in [0.15, 0.2) is 34.9 Å². The van der Waals surface area contributed by atoms with Crippen molar-refractivity contribution in [1.82, 2.24) is 10.5 Å². The topological polar surface area (TPSA) is 139 Å². The van der Waals surface area contributed by atoms with Crippen molar-refractivity contribution in [2.75, 3.05) is 15.4 Å². The number of hydrogen-bond donors (Lipinski definition) is 2. The van der Waals surface area contributed by atoms with E-state index < -0.39 is 39.2 Å². The maximum atomic E-state index is 12.6. The number of amides is 3. The van der Waals surface area contributed by atoms with Crippen molar-refractivity contribution in [1.29, 1.82) is 0 Å². The van der Waals surface area contributed by atoms with Crippen molar-refractivity contribution in [2.24, 2.45) is 5.41 Å². The van der Waals surface area contributed by atoms with Gasteiger partial charge in [-0.25, -0.2) is 12.7 Å². The molecule has 3 rings (SSSR count). The molecule has 1 saturated heterocycles. The Hall–Kier alpha value is -3.21. The number of aryl methyl sites for hydroxylation is 1. The lowest BCUT2D eigenvalue weighted by Gasteiger charge is -2.18. The maximum Gasteiger partial charge on any atom is 0.251 e. The van der Waals surface area contributed by atoms with Crippen LogP contribution in [-0.4, -0.2) is 43.1 Å². The van der Waals surface area contributed by atoms with E-state index >= 15 is 0 Å². The number of aromatic nitrogens is 1. The summed E-state index contributed by atoms with van der Waals surface area (Å²) in [6.07, 6.45) is 0. The number of rotatable bonds is 5. The summed E-state index contributed by atoms with van der Waals surface area (Å²) in [5.41, 5.74) is -0.867. The molecule has 1 aromatic carbocycles. The lowest BCUT2D eigenvalue weighted by Crippen LogP contribution is -2.41. The first-order valence-electron chi connectivity index (χ1n) is 9.13. The summed E-state index contributed by atoms with van der Waals surface area (Å²) in [6, 6.07) is 6.30. The molecule has 1 atom stereocenters. The van der Waals surface area contributed by atoms with Crippen LogP contribution in [0, 0.1) is 12.3 Å². The van der Waals surface area contributed by atoms with Gasteiger partial charge in [0.15, 0.2) is 5.82 Å². The Morgan fingerprint density at radius 3 is 2.53 bits per heavy atom. The highest BCUT2D eigenvalue weighted by atomic mass is 32.2. The number of nitrogens with one attached hydrogen (secondary N) is 2. The SMILES string of the molecule is Cc1cc(NC(=O)[C@H](C)NC(=O)c2cccc(N3C(=O)C(C)(C)CS3(=O)=O)c2)no1. The molecule has 1 aromatic heterocycles. The first-order chi connectivity index (χ1) is 13.9. The number of sulfonamides is 1. The number of hydrogen-bond acceptors (Lipinski definition) is 7. The molecule has 30 heavy (non-hydrogen) atoms. The Morgan fingerprint density at radius 2 is 1.97 bits per heavy atom. The second kappa shape index (κ2) is 7.56. The third kappa shape index (κ3) is 4.20. The van der Waals surface area contributed by atoms with Gasteiger partial charge in [-0.1, -0.05) is 11.2 Å². The minimum Gasteiger partial charge on any atom is -0.360 e. The Labute approximate surface area is 173 Å². The molecule has 0 aliphatic carbocycles. The average Bonchev–Trinajstić information content (AvgIpc) is 3.11. The zero-order valence-corrected chi connectivity index (χ0v) is 17.7. The van der Waals surface area contributed by atoms with Gasteiger partial charge in [-0.3, -0.25) is 14.4 Å². The van der Waals surface area contributed by atoms with Gasteiger partial charge in [-0.2, -0.15) is 0 Å². The van der Waals surface area contributed by atoms with Crippen LogP contribution in [0.3, 0.4) is 0 Å². The number of carbonyl (C=O) groups is 3. The third-order valence-electron chi connectivity index (χ3n) is 4.55. The summed E-state index contributed by atoms with van der Waals surface area (Å²) >= 11 is 0. The zero-order chi connectivity index (χ0) is 22.3. The molecule has 0 saturated carbocycles. The summed E-state index contributed by atoms with van der Waals surface area (Å²) in [5.74, 6) is -1.23. The monoisotopic (exact) mass is 434 g/mol. The number of anilines is 2. The van der Waals surface area contributed by atoms with Crippen LogP contribution in [0.1, 0.15) is 36.9 Å². The fraction of sp³-hybridized carbons (Fsp3) is 0.368. The standard InChI is InChI=1S/C19H22N4O6S/c1-11-8-15(22-29-11)21-16(24)12(2)20-17(25)13-6-5-7-14(9-13)23-18(26)19(3,4)10-30(23,27)28/h5-9,12H,10H2,1-4H3,(H,20,25)(H,21,22,24)/t12-/m0/s1. The highest BCUT2D eigenvalue weighted by Crippen LogP contribution is 2.35. The van der Waals surface area contributed by atoms with Gasteiger partial charge < -0.3 is 15.2 Å². The molecule has 160 valence electrons. The molecule has 1 aliphatic rings. The van der Waals surface area contributed by atoms with Gasteiger partial charge in [0.1, 0.15) is 11.8 Å². The van der Waals surface area contributed by atoms with Crippen LogP contribution in [0.4, 0.5) is 11.5 Å². The summed E-state index contributed by atoms with van der Waals surface area (Å²) in [7, 11) is -3.84. The molecule has 0 bridgehead atoms.